The Morgan fingerprint density at radius 1 is 1.30 bits per heavy atom. The normalized spacial score (nSPS) is 17.9. The maximum atomic E-state index is 12.1. The van der Waals surface area contributed by atoms with Crippen molar-refractivity contribution < 1.29 is 14.3 Å². The molecule has 2 atom stereocenters. The van der Waals surface area contributed by atoms with Gasteiger partial charge in [-0.15, -0.1) is 0 Å². The molecular weight excluding hydrogens is 256 g/mol. The van der Waals surface area contributed by atoms with Crippen molar-refractivity contribution in [3.05, 3.63) is 0 Å². The largest absolute Gasteiger partial charge is 0.467 e. The molecule has 0 radical (unpaired) electrons. The fourth-order valence-corrected chi connectivity index (χ4v) is 2.38. The third-order valence-electron chi connectivity index (χ3n) is 3.92. The highest BCUT2D eigenvalue weighted by atomic mass is 16.5. The first-order valence-electron chi connectivity index (χ1n) is 7.42. The molecule has 1 saturated carbocycles. The average molecular weight is 284 g/mol. The van der Waals surface area contributed by atoms with Crippen molar-refractivity contribution in [1.82, 2.24) is 10.2 Å². The number of carbonyl (C=O) groups excluding carboxylic acids is 2. The summed E-state index contributed by atoms with van der Waals surface area (Å²) in [5, 5.41) is 2.79. The number of hydrogen-bond donors (Lipinski definition) is 1. The SMILES string of the molecule is COC(=O)C(CC(C)C)NC(=O)CN(C)C(C)C1CC1. The first kappa shape index (κ1) is 17.0. The topological polar surface area (TPSA) is 58.6 Å². The van der Waals surface area contributed by atoms with Gasteiger partial charge in [0.05, 0.1) is 13.7 Å². The van der Waals surface area contributed by atoms with Gasteiger partial charge in [0.2, 0.25) is 5.91 Å². The Morgan fingerprint density at radius 3 is 2.35 bits per heavy atom. The van der Waals surface area contributed by atoms with E-state index in [2.05, 4.69) is 17.1 Å². The van der Waals surface area contributed by atoms with Crippen LogP contribution in [0.5, 0.6) is 0 Å². The Bertz CT molecular complexity index is 340. The second kappa shape index (κ2) is 7.62. The molecule has 1 aliphatic rings. The molecule has 20 heavy (non-hydrogen) atoms. The van der Waals surface area contributed by atoms with Gasteiger partial charge in [-0.25, -0.2) is 4.79 Å². The number of nitrogens with one attached hydrogen (secondary N) is 1. The lowest BCUT2D eigenvalue weighted by molar-refractivity contribution is -0.145. The first-order valence-corrected chi connectivity index (χ1v) is 7.42. The Morgan fingerprint density at radius 2 is 1.90 bits per heavy atom. The summed E-state index contributed by atoms with van der Waals surface area (Å²) in [7, 11) is 3.31. The van der Waals surface area contributed by atoms with Gasteiger partial charge in [-0.1, -0.05) is 13.8 Å². The number of rotatable bonds is 8. The Kier molecular flexibility index (Phi) is 6.46. The van der Waals surface area contributed by atoms with Crippen molar-refractivity contribution in [3.63, 3.8) is 0 Å². The number of carbonyl (C=O) groups is 2. The summed E-state index contributed by atoms with van der Waals surface area (Å²) < 4.78 is 4.75. The van der Waals surface area contributed by atoms with E-state index in [0.717, 1.165) is 5.92 Å². The van der Waals surface area contributed by atoms with Crippen LogP contribution in [0.25, 0.3) is 0 Å². The molecule has 1 rings (SSSR count). The summed E-state index contributed by atoms with van der Waals surface area (Å²) in [5.74, 6) is 0.559. The zero-order chi connectivity index (χ0) is 15.3. The predicted molar refractivity (Wildman–Crippen MR) is 78.2 cm³/mol. The standard InChI is InChI=1S/C15H28N2O3/c1-10(2)8-13(15(19)20-5)16-14(18)9-17(4)11(3)12-6-7-12/h10-13H,6-9H2,1-5H3,(H,16,18). The summed E-state index contributed by atoms with van der Waals surface area (Å²) in [6.45, 7) is 6.51. The van der Waals surface area contributed by atoms with E-state index in [9.17, 15) is 9.59 Å². The molecule has 1 amide bonds. The van der Waals surface area contributed by atoms with Crippen LogP contribution in [0.4, 0.5) is 0 Å². The highest BCUT2D eigenvalue weighted by Crippen LogP contribution is 2.34. The molecule has 0 saturated heterocycles. The van der Waals surface area contributed by atoms with Gasteiger partial charge in [-0.05, 0) is 45.1 Å². The number of amides is 1. The Hall–Kier alpha value is -1.10. The van der Waals surface area contributed by atoms with E-state index in [4.69, 9.17) is 4.74 Å². The van der Waals surface area contributed by atoms with Gasteiger partial charge < -0.3 is 10.1 Å². The highest BCUT2D eigenvalue weighted by molar-refractivity contribution is 5.85. The van der Waals surface area contributed by atoms with Gasteiger partial charge in [0.25, 0.3) is 0 Å². The molecule has 0 aliphatic heterocycles. The second-order valence-corrected chi connectivity index (χ2v) is 6.27. The molecule has 0 heterocycles. The van der Waals surface area contributed by atoms with Crippen LogP contribution in [0.3, 0.4) is 0 Å². The fraction of sp³-hybridized carbons (Fsp3) is 0.867. The van der Waals surface area contributed by atoms with E-state index < -0.39 is 6.04 Å². The molecule has 5 nitrogen and oxygen atoms in total. The van der Waals surface area contributed by atoms with Crippen LogP contribution in [0.15, 0.2) is 0 Å². The van der Waals surface area contributed by atoms with Crippen LogP contribution in [0.2, 0.25) is 0 Å². The minimum absolute atomic E-state index is 0.115. The minimum atomic E-state index is -0.544. The van der Waals surface area contributed by atoms with Crippen LogP contribution in [0.1, 0.15) is 40.0 Å². The average Bonchev–Trinajstić information content (AvgIpc) is 3.19. The molecule has 2 unspecified atom stereocenters. The summed E-state index contributed by atoms with van der Waals surface area (Å²) >= 11 is 0. The van der Waals surface area contributed by atoms with Crippen LogP contribution in [0, 0.1) is 11.8 Å². The molecule has 0 aromatic carbocycles. The van der Waals surface area contributed by atoms with Gasteiger partial charge in [0, 0.05) is 6.04 Å². The monoisotopic (exact) mass is 284 g/mol. The van der Waals surface area contributed by atoms with Crippen molar-refractivity contribution in [2.45, 2.75) is 52.1 Å². The first-order chi connectivity index (χ1) is 9.35. The highest BCUT2D eigenvalue weighted by Gasteiger charge is 2.31. The molecule has 1 fully saturated rings. The quantitative estimate of drug-likeness (QED) is 0.685. The van der Waals surface area contributed by atoms with E-state index in [1.165, 1.54) is 20.0 Å². The van der Waals surface area contributed by atoms with Crippen molar-refractivity contribution in [1.29, 1.82) is 0 Å². The van der Waals surface area contributed by atoms with Crippen molar-refractivity contribution in [2.24, 2.45) is 11.8 Å². The molecule has 0 bridgehead atoms. The van der Waals surface area contributed by atoms with E-state index in [1.807, 2.05) is 20.9 Å². The van der Waals surface area contributed by atoms with Crippen LogP contribution in [-0.2, 0) is 14.3 Å². The lowest BCUT2D eigenvalue weighted by Gasteiger charge is -2.25. The molecule has 0 spiro atoms. The van der Waals surface area contributed by atoms with Crippen molar-refractivity contribution >= 4 is 11.9 Å². The fourth-order valence-electron chi connectivity index (χ4n) is 2.38. The smallest absolute Gasteiger partial charge is 0.328 e. The number of methoxy groups -OCH3 is 1. The van der Waals surface area contributed by atoms with Gasteiger partial charge in [0.15, 0.2) is 0 Å². The summed E-state index contributed by atoms with van der Waals surface area (Å²) in [6, 6.07) is -0.125. The van der Waals surface area contributed by atoms with Crippen LogP contribution >= 0.6 is 0 Å². The van der Waals surface area contributed by atoms with Gasteiger partial charge in [-0.3, -0.25) is 9.69 Å². The summed E-state index contributed by atoms with van der Waals surface area (Å²) in [6.07, 6.45) is 3.11. The third kappa shape index (κ3) is 5.49. The van der Waals surface area contributed by atoms with Gasteiger partial charge in [-0.2, -0.15) is 0 Å². The molecular formula is C15H28N2O3. The zero-order valence-electron chi connectivity index (χ0n) is 13.3. The maximum Gasteiger partial charge on any atom is 0.328 e. The van der Waals surface area contributed by atoms with Gasteiger partial charge in [0.1, 0.15) is 6.04 Å². The molecule has 116 valence electrons. The van der Waals surface area contributed by atoms with E-state index >= 15 is 0 Å². The van der Waals surface area contributed by atoms with E-state index in [0.29, 0.717) is 24.9 Å². The number of nitrogens with zero attached hydrogens (tertiary/aromatic N) is 1. The second-order valence-electron chi connectivity index (χ2n) is 6.27. The van der Waals surface area contributed by atoms with E-state index in [1.54, 1.807) is 0 Å². The summed E-state index contributed by atoms with van der Waals surface area (Å²) in [5.41, 5.74) is 0. The van der Waals surface area contributed by atoms with Gasteiger partial charge >= 0.3 is 5.97 Å². The number of likely N-dealkylation sites (N-methyl/N-ethyl adjacent to an activating group) is 1. The zero-order valence-corrected chi connectivity index (χ0v) is 13.3. The van der Waals surface area contributed by atoms with Crippen molar-refractivity contribution in [2.75, 3.05) is 20.7 Å². The van der Waals surface area contributed by atoms with Crippen LogP contribution in [-0.4, -0.2) is 49.6 Å². The number of ether oxygens (including phenoxy) is 1. The number of hydrogen-bond acceptors (Lipinski definition) is 4. The predicted octanol–water partition coefficient (Wildman–Crippen LogP) is 1.42. The Labute approximate surface area is 122 Å². The van der Waals surface area contributed by atoms with Crippen molar-refractivity contribution in [3.8, 4) is 0 Å². The molecule has 1 N–H and O–H groups in total. The molecule has 1 aliphatic carbocycles. The molecule has 0 aromatic heterocycles. The Balaban J connectivity index is 2.45. The maximum absolute atomic E-state index is 12.1. The lowest BCUT2D eigenvalue weighted by Crippen LogP contribution is -2.47. The molecule has 0 aromatic rings. The molecule has 5 heteroatoms. The van der Waals surface area contributed by atoms with E-state index in [-0.39, 0.29) is 11.9 Å². The summed E-state index contributed by atoms with van der Waals surface area (Å²) in [4.78, 5) is 25.8. The van der Waals surface area contributed by atoms with Crippen LogP contribution < -0.4 is 5.32 Å². The lowest BCUT2D eigenvalue weighted by atomic mass is 10.0. The third-order valence-corrected chi connectivity index (χ3v) is 3.92. The number of esters is 1. The minimum Gasteiger partial charge on any atom is -0.467 e.